The van der Waals surface area contributed by atoms with E-state index in [1.54, 1.807) is 0 Å². The van der Waals surface area contributed by atoms with E-state index < -0.39 is 0 Å². The summed E-state index contributed by atoms with van der Waals surface area (Å²) in [4.78, 5) is 10.3. The van der Waals surface area contributed by atoms with E-state index in [1.165, 1.54) is 17.2 Å². The highest BCUT2D eigenvalue weighted by molar-refractivity contribution is 5.88. The molecule has 2 aliphatic carbocycles. The largest absolute Gasteiger partial charge is 0.493 e. The zero-order valence-corrected chi connectivity index (χ0v) is 10.7. The van der Waals surface area contributed by atoms with Gasteiger partial charge < -0.3 is 4.74 Å². The number of ether oxygens (including phenoxy) is 1. The van der Waals surface area contributed by atoms with Crippen LogP contribution in [0.4, 0.5) is 0 Å². The van der Waals surface area contributed by atoms with Crippen molar-refractivity contribution in [3.63, 3.8) is 0 Å². The van der Waals surface area contributed by atoms with Crippen LogP contribution in [0.1, 0.15) is 33.1 Å². The number of rotatable bonds is 6. The molecule has 2 nitrogen and oxygen atoms in total. The van der Waals surface area contributed by atoms with Gasteiger partial charge in [0.2, 0.25) is 0 Å². The summed E-state index contributed by atoms with van der Waals surface area (Å²) in [5.41, 5.74) is 2.67. The molecule has 0 saturated heterocycles. The highest BCUT2D eigenvalue weighted by atomic mass is 16.5. The van der Waals surface area contributed by atoms with Crippen LogP contribution in [0.3, 0.4) is 0 Å². The van der Waals surface area contributed by atoms with Crippen LogP contribution in [0.5, 0.6) is 5.75 Å². The van der Waals surface area contributed by atoms with Crippen molar-refractivity contribution >= 4 is 5.78 Å². The molecule has 17 heavy (non-hydrogen) atoms. The average Bonchev–Trinajstić information content (AvgIpc) is 3.02. The van der Waals surface area contributed by atoms with Gasteiger partial charge in [-0.25, -0.2) is 0 Å². The van der Waals surface area contributed by atoms with Crippen LogP contribution >= 0.6 is 0 Å². The van der Waals surface area contributed by atoms with Crippen molar-refractivity contribution in [3.8, 4) is 16.9 Å². The van der Waals surface area contributed by atoms with Crippen LogP contribution in [-0.4, -0.2) is 12.4 Å². The summed E-state index contributed by atoms with van der Waals surface area (Å²) in [7, 11) is 0. The number of carbonyl (C=O) groups excluding carboxylic acids is 1. The number of allylic oxidation sites excluding steroid dienone is 1. The summed E-state index contributed by atoms with van der Waals surface area (Å²) in [6, 6.07) is 6.28. The van der Waals surface area contributed by atoms with Gasteiger partial charge in [0.15, 0.2) is 5.78 Å². The van der Waals surface area contributed by atoms with E-state index in [9.17, 15) is 4.79 Å². The fourth-order valence-electron chi connectivity index (χ4n) is 1.41. The Labute approximate surface area is 103 Å². The Morgan fingerprint density at radius 1 is 1.35 bits per heavy atom. The molecule has 0 aromatic rings. The number of hydrogen-bond donors (Lipinski definition) is 0. The lowest BCUT2D eigenvalue weighted by Crippen LogP contribution is -1.92. The molecular weight excluding hydrogens is 212 g/mol. The van der Waals surface area contributed by atoms with Gasteiger partial charge in [0, 0.05) is 12.0 Å². The molecule has 0 radical (unpaired) electrons. The van der Waals surface area contributed by atoms with Gasteiger partial charge in [0.1, 0.15) is 5.75 Å². The monoisotopic (exact) mass is 232 g/mol. The first-order chi connectivity index (χ1) is 8.22. The van der Waals surface area contributed by atoms with Crippen molar-refractivity contribution in [2.24, 2.45) is 0 Å². The van der Waals surface area contributed by atoms with E-state index >= 15 is 0 Å². The molecule has 0 unspecified atom stereocenters. The maximum absolute atomic E-state index is 10.3. The third-order valence-electron chi connectivity index (χ3n) is 2.39. The maximum Gasteiger partial charge on any atom is 0.155 e. The van der Waals surface area contributed by atoms with E-state index in [4.69, 9.17) is 4.74 Å². The topological polar surface area (TPSA) is 26.3 Å². The van der Waals surface area contributed by atoms with Gasteiger partial charge in [-0.3, -0.25) is 4.79 Å². The number of ketones is 1. The second-order valence-electron chi connectivity index (χ2n) is 3.98. The first-order valence-electron chi connectivity index (χ1n) is 6.15. The normalized spacial score (nSPS) is 10.0. The molecule has 2 aliphatic rings. The maximum atomic E-state index is 10.3. The van der Waals surface area contributed by atoms with Crippen LogP contribution < -0.4 is 4.74 Å². The number of fused-ring (bicyclic) bond motifs is 1. The SMILES string of the molecule is C=CC(=O)CCC.CCCOc1ccc2cc1-2. The van der Waals surface area contributed by atoms with Crippen molar-refractivity contribution in [1.82, 2.24) is 0 Å². The zero-order valence-electron chi connectivity index (χ0n) is 10.7. The van der Waals surface area contributed by atoms with Crippen molar-refractivity contribution in [3.05, 3.63) is 30.9 Å². The lowest BCUT2D eigenvalue weighted by Gasteiger charge is -1.99. The molecule has 0 N–H and O–H groups in total. The van der Waals surface area contributed by atoms with E-state index in [2.05, 4.69) is 25.6 Å². The third-order valence-corrected chi connectivity index (χ3v) is 2.39. The second-order valence-corrected chi connectivity index (χ2v) is 3.98. The number of benzene rings is 1. The zero-order chi connectivity index (χ0) is 12.7. The van der Waals surface area contributed by atoms with Crippen LogP contribution in [0.2, 0.25) is 0 Å². The quantitative estimate of drug-likeness (QED) is 0.704. The van der Waals surface area contributed by atoms with Gasteiger partial charge in [0.25, 0.3) is 0 Å². The predicted octanol–water partition coefficient (Wildman–Crippen LogP) is 4.00. The van der Waals surface area contributed by atoms with Crippen molar-refractivity contribution in [2.45, 2.75) is 33.1 Å². The number of hydrogen-bond acceptors (Lipinski definition) is 2. The van der Waals surface area contributed by atoms with Gasteiger partial charge in [-0.15, -0.1) is 0 Å². The second kappa shape index (κ2) is 6.89. The van der Waals surface area contributed by atoms with Crippen LogP contribution in [0, 0.1) is 0 Å². The van der Waals surface area contributed by atoms with E-state index in [-0.39, 0.29) is 5.78 Å². The molecule has 0 aliphatic heterocycles. The van der Waals surface area contributed by atoms with Crippen molar-refractivity contribution < 1.29 is 9.53 Å². The average molecular weight is 232 g/mol. The Kier molecular flexibility index (Phi) is 5.47. The summed E-state index contributed by atoms with van der Waals surface area (Å²) in [5, 5.41) is 0. The standard InChI is InChI=1S/C9H10O.C6H10O/c1-2-5-10-9-4-3-7-6-8(7)9;1-3-5-6(7)4-2/h3-4,6H,2,5H2,1H3;4H,2-3,5H2,1H3. The minimum absolute atomic E-state index is 0.141. The Morgan fingerprint density at radius 3 is 2.47 bits per heavy atom. The minimum atomic E-state index is 0.141. The molecule has 0 atom stereocenters. The summed E-state index contributed by atoms with van der Waals surface area (Å²) in [6.45, 7) is 8.26. The van der Waals surface area contributed by atoms with Crippen LogP contribution in [-0.2, 0) is 4.79 Å². The fraction of sp³-hybridized carbons (Fsp3) is 0.400. The molecule has 0 fully saturated rings. The Bertz CT molecular complexity index is 394. The molecule has 0 bridgehead atoms. The lowest BCUT2D eigenvalue weighted by atomic mass is 10.2. The molecule has 2 rings (SSSR count). The Balaban J connectivity index is 0.000000185. The van der Waals surface area contributed by atoms with Crippen molar-refractivity contribution in [2.75, 3.05) is 6.61 Å². The molecule has 0 saturated carbocycles. The highest BCUT2D eigenvalue weighted by Gasteiger charge is 2.17. The summed E-state index contributed by atoms with van der Waals surface area (Å²) < 4.78 is 5.45. The molecule has 0 aromatic carbocycles. The Hall–Kier alpha value is -1.57. The first kappa shape index (κ1) is 13.5. The van der Waals surface area contributed by atoms with E-state index in [0.29, 0.717) is 6.42 Å². The molecule has 0 heterocycles. The Morgan fingerprint density at radius 2 is 2.12 bits per heavy atom. The molecule has 2 heteroatoms. The molecule has 0 aromatic heterocycles. The van der Waals surface area contributed by atoms with Gasteiger partial charge in [-0.1, -0.05) is 26.5 Å². The van der Waals surface area contributed by atoms with E-state index in [1.807, 2.05) is 13.0 Å². The minimum Gasteiger partial charge on any atom is -0.493 e. The summed E-state index contributed by atoms with van der Waals surface area (Å²) >= 11 is 0. The van der Waals surface area contributed by atoms with Gasteiger partial charge in [-0.05, 0) is 36.6 Å². The van der Waals surface area contributed by atoms with Crippen LogP contribution in [0.25, 0.3) is 11.1 Å². The molecular formula is C15H20O2. The van der Waals surface area contributed by atoms with Gasteiger partial charge in [-0.2, -0.15) is 0 Å². The fourth-order valence-corrected chi connectivity index (χ4v) is 1.41. The molecule has 0 amide bonds. The third kappa shape index (κ3) is 4.43. The van der Waals surface area contributed by atoms with Gasteiger partial charge >= 0.3 is 0 Å². The lowest BCUT2D eigenvalue weighted by molar-refractivity contribution is -0.114. The van der Waals surface area contributed by atoms with Gasteiger partial charge in [0.05, 0.1) is 6.61 Å². The molecule has 0 spiro atoms. The van der Waals surface area contributed by atoms with Crippen LogP contribution in [0.15, 0.2) is 30.9 Å². The van der Waals surface area contributed by atoms with Crippen molar-refractivity contribution in [1.29, 1.82) is 0 Å². The smallest absolute Gasteiger partial charge is 0.155 e. The predicted molar refractivity (Wildman–Crippen MR) is 71.3 cm³/mol. The molecule has 92 valence electrons. The number of carbonyl (C=O) groups is 1. The van der Waals surface area contributed by atoms with E-state index in [0.717, 1.165) is 25.2 Å². The summed E-state index contributed by atoms with van der Waals surface area (Å²) in [6.07, 6.45) is 4.01. The highest BCUT2D eigenvalue weighted by Crippen LogP contribution is 2.43. The summed E-state index contributed by atoms with van der Waals surface area (Å²) in [5.74, 6) is 1.21. The first-order valence-corrected chi connectivity index (χ1v) is 6.15.